The highest BCUT2D eigenvalue weighted by Gasteiger charge is 2.37. The Morgan fingerprint density at radius 3 is 1.62 bits per heavy atom. The fourth-order valence-corrected chi connectivity index (χ4v) is 2.81. The monoisotopic (exact) mass is 216 g/mol. The van der Waals surface area contributed by atoms with Crippen molar-refractivity contribution in [1.82, 2.24) is 0 Å². The molecular weight excluding hydrogens is 192 g/mol. The molecule has 0 spiro atoms. The van der Waals surface area contributed by atoms with Gasteiger partial charge in [-0.3, -0.25) is 0 Å². The molecule has 0 aliphatic heterocycles. The molecule has 0 atom stereocenters. The van der Waals surface area contributed by atoms with Gasteiger partial charge in [0, 0.05) is 0 Å². The fourth-order valence-electron chi connectivity index (χ4n) is 2.81. The SMILES string of the molecule is CC1C=CC2=C(C=C1)C(C)(C)CCC2(C)C. The molecule has 16 heavy (non-hydrogen) atoms. The first kappa shape index (κ1) is 11.7. The van der Waals surface area contributed by atoms with Crippen molar-refractivity contribution in [2.24, 2.45) is 16.7 Å². The first-order chi connectivity index (χ1) is 7.33. The van der Waals surface area contributed by atoms with Crippen molar-refractivity contribution in [1.29, 1.82) is 0 Å². The van der Waals surface area contributed by atoms with Crippen molar-refractivity contribution in [2.75, 3.05) is 0 Å². The van der Waals surface area contributed by atoms with Crippen LogP contribution in [0.4, 0.5) is 0 Å². The van der Waals surface area contributed by atoms with Gasteiger partial charge in [-0.1, -0.05) is 58.9 Å². The van der Waals surface area contributed by atoms with E-state index in [1.165, 1.54) is 12.8 Å². The summed E-state index contributed by atoms with van der Waals surface area (Å²) in [4.78, 5) is 0. The summed E-state index contributed by atoms with van der Waals surface area (Å²) in [5.41, 5.74) is 3.81. The molecule has 0 saturated carbocycles. The zero-order valence-corrected chi connectivity index (χ0v) is 11.3. The fraction of sp³-hybridized carbons (Fsp3) is 0.625. The van der Waals surface area contributed by atoms with Crippen molar-refractivity contribution in [3.63, 3.8) is 0 Å². The van der Waals surface area contributed by atoms with E-state index in [1.807, 2.05) is 0 Å². The van der Waals surface area contributed by atoms with Crippen LogP contribution in [0.3, 0.4) is 0 Å². The zero-order chi connectivity index (χ0) is 12.0. The molecule has 0 aromatic carbocycles. The maximum atomic E-state index is 2.38. The lowest BCUT2D eigenvalue weighted by Gasteiger charge is -2.41. The molecule has 2 aliphatic rings. The third-order valence-corrected chi connectivity index (χ3v) is 4.26. The van der Waals surface area contributed by atoms with Gasteiger partial charge >= 0.3 is 0 Å². The molecular formula is C16H24. The molecule has 0 radical (unpaired) electrons. The van der Waals surface area contributed by atoms with Crippen LogP contribution in [0.2, 0.25) is 0 Å². The molecule has 0 heterocycles. The number of hydrogen-bond acceptors (Lipinski definition) is 0. The van der Waals surface area contributed by atoms with Gasteiger partial charge in [-0.2, -0.15) is 0 Å². The lowest BCUT2D eigenvalue weighted by Crippen LogP contribution is -2.29. The molecule has 0 aromatic heterocycles. The van der Waals surface area contributed by atoms with Gasteiger partial charge in [-0.05, 0) is 40.7 Å². The second-order valence-corrected chi connectivity index (χ2v) is 6.67. The molecule has 0 amide bonds. The maximum Gasteiger partial charge on any atom is -0.00754 e. The summed E-state index contributed by atoms with van der Waals surface area (Å²) in [5.74, 6) is 0.567. The van der Waals surface area contributed by atoms with Crippen molar-refractivity contribution < 1.29 is 0 Å². The predicted octanol–water partition coefficient (Wildman–Crippen LogP) is 4.89. The summed E-state index contributed by atoms with van der Waals surface area (Å²) in [6, 6.07) is 0. The topological polar surface area (TPSA) is 0 Å². The van der Waals surface area contributed by atoms with E-state index in [9.17, 15) is 0 Å². The molecule has 2 rings (SSSR count). The lowest BCUT2D eigenvalue weighted by molar-refractivity contribution is 0.273. The molecule has 0 unspecified atom stereocenters. The molecule has 0 saturated heterocycles. The Balaban J connectivity index is 2.57. The molecule has 88 valence electrons. The standard InChI is InChI=1S/C16H24/c1-12-6-8-13-14(9-7-12)16(4,5)11-10-15(13,2)3/h6-9,12H,10-11H2,1-5H3. The van der Waals surface area contributed by atoms with E-state index in [1.54, 1.807) is 11.1 Å². The highest BCUT2D eigenvalue weighted by molar-refractivity contribution is 5.45. The average Bonchev–Trinajstić information content (AvgIpc) is 2.37. The molecule has 0 N–H and O–H groups in total. The van der Waals surface area contributed by atoms with Crippen LogP contribution in [-0.2, 0) is 0 Å². The largest absolute Gasteiger partial charge is 0.0776 e. The van der Waals surface area contributed by atoms with Crippen LogP contribution >= 0.6 is 0 Å². The van der Waals surface area contributed by atoms with E-state index in [4.69, 9.17) is 0 Å². The normalized spacial score (nSPS) is 27.8. The minimum atomic E-state index is 0.343. The third-order valence-electron chi connectivity index (χ3n) is 4.26. The Kier molecular flexibility index (Phi) is 2.64. The van der Waals surface area contributed by atoms with E-state index >= 15 is 0 Å². The number of allylic oxidation sites excluding steroid dienone is 6. The van der Waals surface area contributed by atoms with E-state index < -0.39 is 0 Å². The molecule has 0 nitrogen and oxygen atoms in total. The van der Waals surface area contributed by atoms with Crippen LogP contribution in [0.1, 0.15) is 47.5 Å². The van der Waals surface area contributed by atoms with Crippen LogP contribution in [0.5, 0.6) is 0 Å². The Morgan fingerprint density at radius 2 is 1.25 bits per heavy atom. The summed E-state index contributed by atoms with van der Waals surface area (Å²) >= 11 is 0. The predicted molar refractivity (Wildman–Crippen MR) is 71.3 cm³/mol. The summed E-state index contributed by atoms with van der Waals surface area (Å²) in [5, 5.41) is 0. The maximum absolute atomic E-state index is 2.38. The van der Waals surface area contributed by atoms with Crippen LogP contribution in [0.25, 0.3) is 0 Å². The molecule has 0 heteroatoms. The van der Waals surface area contributed by atoms with Gasteiger partial charge in [-0.15, -0.1) is 0 Å². The van der Waals surface area contributed by atoms with E-state index in [0.29, 0.717) is 16.7 Å². The highest BCUT2D eigenvalue weighted by atomic mass is 14.4. The molecule has 2 aliphatic carbocycles. The lowest BCUT2D eigenvalue weighted by atomic mass is 9.63. The van der Waals surface area contributed by atoms with Crippen molar-refractivity contribution in [2.45, 2.75) is 47.5 Å². The molecule has 0 bridgehead atoms. The zero-order valence-electron chi connectivity index (χ0n) is 11.3. The first-order valence-electron chi connectivity index (χ1n) is 6.45. The van der Waals surface area contributed by atoms with Gasteiger partial charge in [0.15, 0.2) is 0 Å². The second kappa shape index (κ2) is 3.61. The Morgan fingerprint density at radius 1 is 0.875 bits per heavy atom. The van der Waals surface area contributed by atoms with Crippen molar-refractivity contribution in [3.05, 3.63) is 35.5 Å². The summed E-state index contributed by atoms with van der Waals surface area (Å²) in [7, 11) is 0. The van der Waals surface area contributed by atoms with E-state index in [2.05, 4.69) is 58.9 Å². The summed E-state index contributed by atoms with van der Waals surface area (Å²) in [6.07, 6.45) is 12.0. The molecule has 0 aromatic rings. The third kappa shape index (κ3) is 1.90. The Bertz CT molecular complexity index is 339. The smallest absolute Gasteiger partial charge is 0.00754 e. The molecule has 0 fully saturated rings. The van der Waals surface area contributed by atoms with Crippen LogP contribution in [0, 0.1) is 16.7 Å². The van der Waals surface area contributed by atoms with Crippen molar-refractivity contribution >= 4 is 0 Å². The van der Waals surface area contributed by atoms with Crippen LogP contribution in [0.15, 0.2) is 35.5 Å². The summed E-state index contributed by atoms with van der Waals surface area (Å²) < 4.78 is 0. The average molecular weight is 216 g/mol. The van der Waals surface area contributed by atoms with E-state index in [-0.39, 0.29) is 0 Å². The minimum absolute atomic E-state index is 0.343. The van der Waals surface area contributed by atoms with Gasteiger partial charge in [0.1, 0.15) is 0 Å². The Labute approximate surface area is 100 Å². The van der Waals surface area contributed by atoms with Gasteiger partial charge in [0.2, 0.25) is 0 Å². The highest BCUT2D eigenvalue weighted by Crippen LogP contribution is 2.50. The first-order valence-corrected chi connectivity index (χ1v) is 6.45. The van der Waals surface area contributed by atoms with Gasteiger partial charge in [0.25, 0.3) is 0 Å². The van der Waals surface area contributed by atoms with E-state index in [0.717, 1.165) is 0 Å². The van der Waals surface area contributed by atoms with Crippen molar-refractivity contribution in [3.8, 4) is 0 Å². The van der Waals surface area contributed by atoms with Crippen LogP contribution in [-0.4, -0.2) is 0 Å². The minimum Gasteiger partial charge on any atom is -0.0776 e. The number of hydrogen-bond donors (Lipinski definition) is 0. The summed E-state index contributed by atoms with van der Waals surface area (Å²) in [6.45, 7) is 11.8. The Hall–Kier alpha value is -0.780. The second-order valence-electron chi connectivity index (χ2n) is 6.67. The van der Waals surface area contributed by atoms with Gasteiger partial charge in [0.05, 0.1) is 0 Å². The number of rotatable bonds is 0. The van der Waals surface area contributed by atoms with Gasteiger partial charge < -0.3 is 0 Å². The van der Waals surface area contributed by atoms with Gasteiger partial charge in [-0.25, -0.2) is 0 Å². The quantitative estimate of drug-likeness (QED) is 0.540. The van der Waals surface area contributed by atoms with Crippen LogP contribution < -0.4 is 0 Å².